The molecule has 6 aromatic rings. The number of hydrogen-bond acceptors (Lipinski definition) is 10. The molecule has 1 saturated heterocycles. The molecule has 272 valence electrons. The molecule has 1 atom stereocenters. The molecule has 2 aromatic heterocycles. The van der Waals surface area contributed by atoms with Gasteiger partial charge >= 0.3 is 10.1 Å². The lowest BCUT2D eigenvalue weighted by Gasteiger charge is -2.39. The minimum atomic E-state index is -4.29. The summed E-state index contributed by atoms with van der Waals surface area (Å²) in [5.41, 5.74) is 1.51. The van der Waals surface area contributed by atoms with E-state index in [4.69, 9.17) is 8.92 Å². The molecular weight excluding hydrogens is 715 g/mol. The van der Waals surface area contributed by atoms with Gasteiger partial charge in [0, 0.05) is 56.4 Å². The quantitative estimate of drug-likeness (QED) is 0.164. The van der Waals surface area contributed by atoms with Gasteiger partial charge in [-0.15, -0.1) is 0 Å². The molecule has 12 nitrogen and oxygen atoms in total. The summed E-state index contributed by atoms with van der Waals surface area (Å²) in [5.74, 6) is 0.410. The molecule has 0 radical (unpaired) electrons. The molecule has 1 unspecified atom stereocenters. The van der Waals surface area contributed by atoms with E-state index in [0.29, 0.717) is 53.3 Å². The molecule has 1 aliphatic heterocycles. The standard InChI is InChI=1S/C39H37N5O7S2/c1-42(52(46,47)37-32-11-5-3-9-29(32)19-21-40-37)35(39(45)44-25-23-43(24-26-44)34-13-7-8-14-36(34)50-2)27-28-15-17-31(18-16-28)51-53(48,49)38-33-12-6-4-10-30(33)20-22-41-38/h3-22,35H,23-27H2,1-2H3. The first-order valence-corrected chi connectivity index (χ1v) is 19.8. The summed E-state index contributed by atoms with van der Waals surface area (Å²) in [6, 6.07) is 30.2. The molecule has 0 bridgehead atoms. The Hall–Kier alpha value is -5.57. The van der Waals surface area contributed by atoms with Crippen molar-refractivity contribution in [2.45, 2.75) is 22.5 Å². The second kappa shape index (κ2) is 14.8. The number of pyridine rings is 2. The highest BCUT2D eigenvalue weighted by Crippen LogP contribution is 2.30. The Bertz CT molecular complexity index is 2500. The number of nitrogens with zero attached hydrogens (tertiary/aromatic N) is 5. The van der Waals surface area contributed by atoms with Crippen molar-refractivity contribution in [1.29, 1.82) is 0 Å². The lowest BCUT2D eigenvalue weighted by atomic mass is 10.0. The maximum Gasteiger partial charge on any atom is 0.357 e. The fraction of sp³-hybridized carbons (Fsp3) is 0.205. The molecule has 0 spiro atoms. The number of amides is 1. The molecule has 1 fully saturated rings. The molecule has 1 aliphatic rings. The van der Waals surface area contributed by atoms with Gasteiger partial charge in [-0.3, -0.25) is 4.79 Å². The van der Waals surface area contributed by atoms with Gasteiger partial charge < -0.3 is 18.7 Å². The largest absolute Gasteiger partial charge is 0.495 e. The number of methoxy groups -OCH3 is 1. The predicted molar refractivity (Wildman–Crippen MR) is 202 cm³/mol. The van der Waals surface area contributed by atoms with Crippen molar-refractivity contribution in [2.75, 3.05) is 45.2 Å². The molecule has 4 aromatic carbocycles. The number of para-hydroxylation sites is 2. The number of hydrogen-bond donors (Lipinski definition) is 0. The molecule has 14 heteroatoms. The average Bonchev–Trinajstić information content (AvgIpc) is 3.19. The minimum Gasteiger partial charge on any atom is -0.495 e. The fourth-order valence-electron chi connectivity index (χ4n) is 6.60. The van der Waals surface area contributed by atoms with Crippen molar-refractivity contribution in [1.82, 2.24) is 19.2 Å². The van der Waals surface area contributed by atoms with Gasteiger partial charge in [-0.1, -0.05) is 72.8 Å². The lowest BCUT2D eigenvalue weighted by molar-refractivity contribution is -0.135. The molecule has 53 heavy (non-hydrogen) atoms. The van der Waals surface area contributed by atoms with Crippen LogP contribution in [0.5, 0.6) is 11.5 Å². The number of piperazine rings is 1. The lowest BCUT2D eigenvalue weighted by Crippen LogP contribution is -2.56. The third kappa shape index (κ3) is 7.25. The minimum absolute atomic E-state index is 0.00393. The number of rotatable bonds is 11. The number of anilines is 1. The maximum atomic E-state index is 14.4. The monoisotopic (exact) mass is 751 g/mol. The second-order valence-electron chi connectivity index (χ2n) is 12.6. The van der Waals surface area contributed by atoms with Gasteiger partial charge in [-0.05, 0) is 59.2 Å². The van der Waals surface area contributed by atoms with E-state index in [1.165, 1.54) is 31.6 Å². The van der Waals surface area contributed by atoms with E-state index >= 15 is 0 Å². The van der Waals surface area contributed by atoms with Crippen LogP contribution in [0.2, 0.25) is 0 Å². The molecule has 1 amide bonds. The highest BCUT2D eigenvalue weighted by atomic mass is 32.2. The van der Waals surface area contributed by atoms with E-state index in [1.54, 1.807) is 78.7 Å². The normalized spacial score (nSPS) is 14.4. The van der Waals surface area contributed by atoms with E-state index < -0.39 is 26.2 Å². The van der Waals surface area contributed by atoms with Gasteiger partial charge in [0.05, 0.1) is 12.8 Å². The van der Waals surface area contributed by atoms with Gasteiger partial charge in [-0.2, -0.15) is 12.7 Å². The van der Waals surface area contributed by atoms with Crippen LogP contribution < -0.4 is 13.8 Å². The summed E-state index contributed by atoms with van der Waals surface area (Å²) < 4.78 is 67.3. The average molecular weight is 752 g/mol. The van der Waals surface area contributed by atoms with Crippen LogP contribution in [0.3, 0.4) is 0 Å². The Morgan fingerprint density at radius 2 is 1.30 bits per heavy atom. The van der Waals surface area contributed by atoms with Crippen LogP contribution in [-0.2, 0) is 31.4 Å². The molecular formula is C39H37N5O7S2. The predicted octanol–water partition coefficient (Wildman–Crippen LogP) is 5.14. The topological polar surface area (TPSA) is 139 Å². The zero-order chi connectivity index (χ0) is 37.2. The number of carbonyl (C=O) groups excluding carboxylic acids is 1. The fourth-order valence-corrected chi connectivity index (χ4v) is 9.12. The third-order valence-electron chi connectivity index (χ3n) is 9.43. The Kier molecular flexibility index (Phi) is 10.0. The smallest absolute Gasteiger partial charge is 0.357 e. The van der Waals surface area contributed by atoms with Crippen molar-refractivity contribution in [3.63, 3.8) is 0 Å². The van der Waals surface area contributed by atoms with Crippen LogP contribution in [0.4, 0.5) is 5.69 Å². The molecule has 3 heterocycles. The van der Waals surface area contributed by atoms with Crippen LogP contribution in [0.1, 0.15) is 5.56 Å². The number of benzene rings is 4. The van der Waals surface area contributed by atoms with E-state index in [1.807, 2.05) is 30.3 Å². The summed E-state index contributed by atoms with van der Waals surface area (Å²) in [6.07, 6.45) is 2.86. The summed E-state index contributed by atoms with van der Waals surface area (Å²) in [7, 11) is -5.56. The van der Waals surface area contributed by atoms with Gasteiger partial charge in [0.25, 0.3) is 10.0 Å². The second-order valence-corrected chi connectivity index (χ2v) is 16.0. The van der Waals surface area contributed by atoms with Crippen LogP contribution >= 0.6 is 0 Å². The first-order valence-electron chi connectivity index (χ1n) is 16.9. The Morgan fingerprint density at radius 3 is 1.94 bits per heavy atom. The Labute approximate surface area is 308 Å². The van der Waals surface area contributed by atoms with Crippen molar-refractivity contribution >= 4 is 53.3 Å². The number of ether oxygens (including phenoxy) is 1. The van der Waals surface area contributed by atoms with Crippen LogP contribution in [-0.4, -0.2) is 88.3 Å². The van der Waals surface area contributed by atoms with Crippen molar-refractivity contribution in [3.8, 4) is 11.5 Å². The number of fused-ring (bicyclic) bond motifs is 2. The number of likely N-dealkylation sites (N-methyl/N-ethyl adjacent to an activating group) is 1. The van der Waals surface area contributed by atoms with E-state index in [0.717, 1.165) is 15.7 Å². The first-order chi connectivity index (χ1) is 25.6. The van der Waals surface area contributed by atoms with Crippen molar-refractivity contribution in [2.24, 2.45) is 0 Å². The summed E-state index contributed by atoms with van der Waals surface area (Å²) in [5, 5.41) is 1.94. The van der Waals surface area contributed by atoms with Crippen molar-refractivity contribution in [3.05, 3.63) is 127 Å². The van der Waals surface area contributed by atoms with E-state index in [-0.39, 0.29) is 28.1 Å². The van der Waals surface area contributed by atoms with Gasteiger partial charge in [-0.25, -0.2) is 18.4 Å². The van der Waals surface area contributed by atoms with Crippen LogP contribution in [0.15, 0.2) is 132 Å². The Morgan fingerprint density at radius 1 is 0.736 bits per heavy atom. The molecule has 7 rings (SSSR count). The molecule has 0 saturated carbocycles. The third-order valence-corrected chi connectivity index (χ3v) is 12.5. The first kappa shape index (κ1) is 35.8. The zero-order valence-electron chi connectivity index (χ0n) is 29.1. The van der Waals surface area contributed by atoms with Gasteiger partial charge in [0.2, 0.25) is 10.9 Å². The summed E-state index contributed by atoms with van der Waals surface area (Å²) in [6.45, 7) is 1.76. The summed E-state index contributed by atoms with van der Waals surface area (Å²) in [4.78, 5) is 26.6. The van der Waals surface area contributed by atoms with Crippen LogP contribution in [0.25, 0.3) is 21.5 Å². The van der Waals surface area contributed by atoms with Gasteiger partial charge in [0.15, 0.2) is 5.03 Å². The Balaban J connectivity index is 1.16. The molecule has 0 N–H and O–H groups in total. The highest BCUT2D eigenvalue weighted by molar-refractivity contribution is 7.89. The SMILES string of the molecule is COc1ccccc1N1CCN(C(=O)C(Cc2ccc(OS(=O)(=O)c3nccc4ccccc34)cc2)N(C)S(=O)(=O)c2nccc3ccccc23)CC1. The highest BCUT2D eigenvalue weighted by Gasteiger charge is 2.38. The van der Waals surface area contributed by atoms with Crippen molar-refractivity contribution < 1.29 is 30.6 Å². The zero-order valence-corrected chi connectivity index (χ0v) is 30.7. The summed E-state index contributed by atoms with van der Waals surface area (Å²) >= 11 is 0. The molecule has 0 aliphatic carbocycles. The number of sulfonamides is 1. The number of carbonyl (C=O) groups is 1. The van der Waals surface area contributed by atoms with E-state index in [9.17, 15) is 21.6 Å². The van der Waals surface area contributed by atoms with Crippen LogP contribution in [0, 0.1) is 0 Å². The van der Waals surface area contributed by atoms with Gasteiger partial charge in [0.1, 0.15) is 17.5 Å². The number of aromatic nitrogens is 2. The maximum absolute atomic E-state index is 14.4. The van der Waals surface area contributed by atoms with E-state index in [2.05, 4.69) is 14.9 Å².